The Hall–Kier alpha value is -0.842. The molecule has 0 atom stereocenters. The Kier molecular flexibility index (Phi) is 10.7. The summed E-state index contributed by atoms with van der Waals surface area (Å²) in [6.45, 7) is 18.2. The van der Waals surface area contributed by atoms with Crippen LogP contribution in [0.3, 0.4) is 0 Å². The largest absolute Gasteiger partial charge is 0.469 e. The van der Waals surface area contributed by atoms with E-state index in [9.17, 15) is 14.4 Å². The molecule has 0 aliphatic heterocycles. The third-order valence-corrected chi connectivity index (χ3v) is 16.8. The lowest BCUT2D eigenvalue weighted by Crippen LogP contribution is -2.69. The topological polar surface area (TPSA) is 115 Å². The van der Waals surface area contributed by atoms with Gasteiger partial charge in [-0.3, -0.25) is 14.4 Å². The number of amides is 3. The molecule has 0 heterocycles. The third-order valence-electron chi connectivity index (χ3n) is 3.61. The zero-order valence-electron chi connectivity index (χ0n) is 19.6. The predicted octanol–water partition coefficient (Wildman–Crippen LogP) is 2.29. The summed E-state index contributed by atoms with van der Waals surface area (Å²) in [6.07, 6.45) is 1.04. The average Bonchev–Trinajstić information content (AvgIpc) is 2.50. The van der Waals surface area contributed by atoms with Crippen LogP contribution in [0.2, 0.25) is 45.8 Å². The molecule has 0 unspecified atom stereocenters. The summed E-state index contributed by atoms with van der Waals surface area (Å²) >= 11 is 0. The van der Waals surface area contributed by atoms with Crippen LogP contribution in [0.15, 0.2) is 0 Å². The summed E-state index contributed by atoms with van der Waals surface area (Å²) in [5.41, 5.74) is 0. The smallest absolute Gasteiger partial charge is 0.399 e. The van der Waals surface area contributed by atoms with E-state index in [-0.39, 0.29) is 17.7 Å². The molecule has 9 nitrogen and oxygen atoms in total. The fourth-order valence-corrected chi connectivity index (χ4v) is 18.7. The first-order valence-corrected chi connectivity index (χ1v) is 21.0. The van der Waals surface area contributed by atoms with Crippen molar-refractivity contribution in [1.82, 2.24) is 14.9 Å². The van der Waals surface area contributed by atoms with Gasteiger partial charge in [0.25, 0.3) is 25.4 Å². The van der Waals surface area contributed by atoms with Crippen molar-refractivity contribution in [2.75, 3.05) is 0 Å². The van der Waals surface area contributed by atoms with E-state index in [4.69, 9.17) is 12.3 Å². The Morgan fingerprint density at radius 3 is 0.931 bits per heavy atom. The van der Waals surface area contributed by atoms with Gasteiger partial charge in [-0.05, 0) is 39.3 Å². The van der Waals surface area contributed by atoms with Crippen LogP contribution in [0.5, 0.6) is 0 Å². The first kappa shape index (κ1) is 28.2. The van der Waals surface area contributed by atoms with Crippen LogP contribution < -0.4 is 14.9 Å². The molecule has 0 aromatic carbocycles. The summed E-state index contributed by atoms with van der Waals surface area (Å²) in [5, 5.41) is 0. The molecular weight excluding hydrogens is 443 g/mol. The molecule has 29 heavy (non-hydrogen) atoms. The van der Waals surface area contributed by atoms with Crippen molar-refractivity contribution < 1.29 is 26.7 Å². The van der Waals surface area contributed by atoms with Gasteiger partial charge >= 0.3 is 8.80 Å². The molecule has 0 radical (unpaired) electrons. The highest BCUT2D eigenvalue weighted by Crippen LogP contribution is 2.23. The van der Waals surface area contributed by atoms with E-state index < -0.39 is 34.2 Å². The molecule has 0 aromatic rings. The molecule has 0 bridgehead atoms. The van der Waals surface area contributed by atoms with Crippen LogP contribution in [0.25, 0.3) is 0 Å². The minimum absolute atomic E-state index is 0.107. The Morgan fingerprint density at radius 2 is 0.759 bits per heavy atom. The Morgan fingerprint density at radius 1 is 0.552 bits per heavy atom. The fraction of sp³-hybridized carbons (Fsp3) is 0.812. The van der Waals surface area contributed by atoms with Crippen molar-refractivity contribution in [3.05, 3.63) is 0 Å². The molecule has 3 amide bonds. The zero-order valence-corrected chi connectivity index (χ0v) is 23.6. The van der Waals surface area contributed by atoms with Crippen LogP contribution in [0.4, 0.5) is 0 Å². The van der Waals surface area contributed by atoms with Gasteiger partial charge in [0, 0.05) is 25.8 Å². The lowest BCUT2D eigenvalue weighted by molar-refractivity contribution is -0.120. The van der Waals surface area contributed by atoms with Gasteiger partial charge in [-0.2, -0.15) is 0 Å². The van der Waals surface area contributed by atoms with Gasteiger partial charge in [0.05, 0.1) is 0 Å². The van der Waals surface area contributed by atoms with E-state index in [1.165, 1.54) is 0 Å². The van der Waals surface area contributed by atoms with E-state index in [2.05, 4.69) is 14.9 Å². The summed E-state index contributed by atoms with van der Waals surface area (Å²) in [4.78, 5) is 44.6. The quantitative estimate of drug-likeness (QED) is 0.368. The number of carbonyl (C=O) groups is 3. The lowest BCUT2D eigenvalue weighted by Gasteiger charge is -2.42. The maximum Gasteiger partial charge on any atom is 0.469 e. The number of rotatable bonds is 12. The monoisotopic (exact) mass is 481 g/mol. The van der Waals surface area contributed by atoms with E-state index in [0.29, 0.717) is 19.3 Å². The Labute approximate surface area is 179 Å². The molecule has 0 aliphatic rings. The van der Waals surface area contributed by atoms with Crippen LogP contribution in [0.1, 0.15) is 40.0 Å². The summed E-state index contributed by atoms with van der Waals surface area (Å²) in [5.74, 6) is -0.321. The third kappa shape index (κ3) is 11.8. The van der Waals surface area contributed by atoms with Crippen LogP contribution in [-0.2, 0) is 26.7 Å². The van der Waals surface area contributed by atoms with E-state index in [0.717, 1.165) is 0 Å². The zero-order chi connectivity index (χ0) is 23.1. The minimum atomic E-state index is -3.35. The van der Waals surface area contributed by atoms with Crippen molar-refractivity contribution in [1.29, 1.82) is 0 Å². The summed E-state index contributed by atoms with van der Waals surface area (Å²) < 4.78 is 19.1. The van der Waals surface area contributed by atoms with Gasteiger partial charge in [-0.15, -0.1) is 0 Å². The van der Waals surface area contributed by atoms with Gasteiger partial charge in [-0.1, -0.05) is 20.8 Å². The molecular formula is C16H39N3O6Si4. The molecule has 0 saturated heterocycles. The maximum absolute atomic E-state index is 11.9. The molecule has 0 rings (SSSR count). The number of hydrogen-bond acceptors (Lipinski definition) is 6. The lowest BCUT2D eigenvalue weighted by atomic mass is 10.5. The van der Waals surface area contributed by atoms with Gasteiger partial charge in [0.1, 0.15) is 0 Å². The summed E-state index contributed by atoms with van der Waals surface area (Å²) in [7, 11) is -11.4. The second-order valence-electron chi connectivity index (χ2n) is 8.40. The second-order valence-corrected chi connectivity index (χ2v) is 22.4. The highest BCUT2D eigenvalue weighted by atomic mass is 28.5. The number of hydrogen-bond donors (Lipinski definition) is 3. The molecule has 0 aromatic heterocycles. The van der Waals surface area contributed by atoms with Crippen LogP contribution in [-0.4, -0.2) is 52.0 Å². The molecule has 3 N–H and O–H groups in total. The molecule has 0 saturated carbocycles. The molecule has 0 aliphatic carbocycles. The normalized spacial score (nSPS) is 13.0. The van der Waals surface area contributed by atoms with E-state index in [1.807, 2.05) is 39.3 Å². The van der Waals surface area contributed by atoms with Crippen molar-refractivity contribution in [3.8, 4) is 0 Å². The first-order chi connectivity index (χ1) is 13.0. The Bertz CT molecular complexity index is 522. The summed E-state index contributed by atoms with van der Waals surface area (Å²) in [6, 6.07) is 0. The Balaban J connectivity index is 5.74. The minimum Gasteiger partial charge on any atom is -0.399 e. The van der Waals surface area contributed by atoms with Gasteiger partial charge in [0.15, 0.2) is 0 Å². The van der Waals surface area contributed by atoms with E-state index >= 15 is 0 Å². The standard InChI is InChI=1S/C16H39N3O6Si4/c1-11-14(20)17-26(4,5)23-29(10,24-27(6,7)18-15(21)12-2)25-28(8,9)19-16(22)13-3/h11-13H2,1-10H3,(H,17,20)(H,18,21)(H,19,22). The van der Waals surface area contributed by atoms with Crippen molar-refractivity contribution >= 4 is 52.0 Å². The number of nitrogens with one attached hydrogen (secondary N) is 3. The van der Waals surface area contributed by atoms with Gasteiger partial charge in [0.2, 0.25) is 17.7 Å². The second kappa shape index (κ2) is 11.0. The number of carbonyl (C=O) groups excluding carboxylic acids is 3. The van der Waals surface area contributed by atoms with Crippen molar-refractivity contribution in [3.63, 3.8) is 0 Å². The van der Waals surface area contributed by atoms with Gasteiger partial charge in [-0.25, -0.2) is 0 Å². The van der Waals surface area contributed by atoms with Crippen LogP contribution >= 0.6 is 0 Å². The molecule has 170 valence electrons. The van der Waals surface area contributed by atoms with Crippen molar-refractivity contribution in [2.45, 2.75) is 85.9 Å². The van der Waals surface area contributed by atoms with Gasteiger partial charge < -0.3 is 27.3 Å². The predicted molar refractivity (Wildman–Crippen MR) is 123 cm³/mol. The maximum atomic E-state index is 11.9. The van der Waals surface area contributed by atoms with E-state index in [1.54, 1.807) is 27.3 Å². The highest BCUT2D eigenvalue weighted by Gasteiger charge is 2.50. The molecule has 13 heteroatoms. The highest BCUT2D eigenvalue weighted by molar-refractivity contribution is 6.90. The first-order valence-electron chi connectivity index (χ1n) is 10.0. The molecule has 0 fully saturated rings. The van der Waals surface area contributed by atoms with Crippen molar-refractivity contribution in [2.24, 2.45) is 0 Å². The fourth-order valence-electron chi connectivity index (χ4n) is 2.80. The van der Waals surface area contributed by atoms with Crippen LogP contribution in [0, 0.1) is 0 Å². The SMILES string of the molecule is CCC(=O)N[Si](C)(C)O[Si](C)(O[Si](C)(C)NC(=O)CC)O[Si](C)(C)NC(=O)CC. The average molecular weight is 482 g/mol. The molecule has 0 spiro atoms.